The van der Waals surface area contributed by atoms with E-state index in [9.17, 15) is 9.59 Å². The van der Waals surface area contributed by atoms with E-state index >= 15 is 0 Å². The summed E-state index contributed by atoms with van der Waals surface area (Å²) < 4.78 is 2.69. The summed E-state index contributed by atoms with van der Waals surface area (Å²) in [4.78, 5) is 30.3. The van der Waals surface area contributed by atoms with Crippen LogP contribution in [-0.2, 0) is 7.05 Å². The van der Waals surface area contributed by atoms with Crippen molar-refractivity contribution in [2.24, 2.45) is 7.05 Å². The Hall–Kier alpha value is -4.29. The molecule has 0 aliphatic carbocycles. The third-order valence-electron chi connectivity index (χ3n) is 4.98. The maximum atomic E-state index is 13.2. The number of carbonyl (C=O) groups excluding carboxylic acids is 1. The van der Waals surface area contributed by atoms with Crippen molar-refractivity contribution in [2.75, 3.05) is 0 Å². The fourth-order valence-electron chi connectivity index (χ4n) is 3.25. The van der Waals surface area contributed by atoms with Crippen LogP contribution >= 0.6 is 11.6 Å². The lowest BCUT2D eigenvalue weighted by atomic mass is 10.1. The van der Waals surface area contributed by atoms with E-state index in [0.29, 0.717) is 27.5 Å². The van der Waals surface area contributed by atoms with Crippen molar-refractivity contribution in [3.8, 4) is 23.0 Å². The van der Waals surface area contributed by atoms with Gasteiger partial charge in [0.05, 0.1) is 24.1 Å². The number of nitrogens with one attached hydrogen (secondary N) is 1. The molecule has 0 saturated carbocycles. The monoisotopic (exact) mass is 459 g/mol. The van der Waals surface area contributed by atoms with Gasteiger partial charge in [0.15, 0.2) is 0 Å². The Morgan fingerprint density at radius 2 is 1.97 bits per heavy atom. The second kappa shape index (κ2) is 9.06. The number of rotatable bonds is 5. The van der Waals surface area contributed by atoms with Crippen LogP contribution in [0.3, 0.4) is 0 Å². The van der Waals surface area contributed by atoms with Gasteiger partial charge in [-0.2, -0.15) is 20.1 Å². The van der Waals surface area contributed by atoms with Gasteiger partial charge in [0.25, 0.3) is 11.5 Å². The molecule has 10 heteroatoms. The normalized spacial score (nSPS) is 11.6. The number of halogens is 1. The smallest absolute Gasteiger partial charge is 0.284 e. The summed E-state index contributed by atoms with van der Waals surface area (Å²) in [6, 6.07) is 13.2. The molecule has 33 heavy (non-hydrogen) atoms. The van der Waals surface area contributed by atoms with Crippen molar-refractivity contribution in [1.82, 2.24) is 29.9 Å². The Balaban J connectivity index is 1.76. The molecule has 4 rings (SSSR count). The number of nitrogens with zero attached hydrogens (tertiary/aromatic N) is 6. The van der Waals surface area contributed by atoms with Gasteiger partial charge < -0.3 is 5.32 Å². The Bertz CT molecular complexity index is 1430. The summed E-state index contributed by atoms with van der Waals surface area (Å²) in [6.07, 6.45) is 4.62. The van der Waals surface area contributed by atoms with Gasteiger partial charge in [-0.15, -0.1) is 0 Å². The predicted octanol–water partition coefficient (Wildman–Crippen LogP) is 3.04. The number of hydrogen-bond donors (Lipinski definition) is 1. The van der Waals surface area contributed by atoms with Gasteiger partial charge in [0.1, 0.15) is 23.0 Å². The summed E-state index contributed by atoms with van der Waals surface area (Å²) in [5, 5.41) is 21.0. The van der Waals surface area contributed by atoms with Crippen LogP contribution < -0.4 is 10.9 Å². The van der Waals surface area contributed by atoms with Gasteiger partial charge >= 0.3 is 0 Å². The minimum Gasteiger partial charge on any atom is -0.345 e. The zero-order valence-corrected chi connectivity index (χ0v) is 18.5. The quantitative estimate of drug-likeness (QED) is 0.490. The van der Waals surface area contributed by atoms with Crippen molar-refractivity contribution in [1.29, 1.82) is 5.26 Å². The summed E-state index contributed by atoms with van der Waals surface area (Å²) >= 11 is 6.00. The van der Waals surface area contributed by atoms with Gasteiger partial charge in [0, 0.05) is 23.8 Å². The SMILES string of the molecule is C[C@H](NC(=O)c1cc(-c2ccc(Cl)cc2)nn(-c2cnn(C)c2)c1=O)c1ccnc(C#N)c1. The number of nitriles is 1. The molecule has 1 N–H and O–H groups in total. The lowest BCUT2D eigenvalue weighted by molar-refractivity contribution is 0.0937. The van der Waals surface area contributed by atoms with Crippen LogP contribution in [0.2, 0.25) is 5.02 Å². The first-order valence-electron chi connectivity index (χ1n) is 9.92. The molecule has 3 heterocycles. The summed E-state index contributed by atoms with van der Waals surface area (Å²) in [5.41, 5.74) is 1.79. The molecule has 4 aromatic rings. The summed E-state index contributed by atoms with van der Waals surface area (Å²) in [6.45, 7) is 1.76. The largest absolute Gasteiger partial charge is 0.345 e. The van der Waals surface area contributed by atoms with Crippen molar-refractivity contribution in [3.05, 3.63) is 93.3 Å². The van der Waals surface area contributed by atoms with Crippen LogP contribution in [0.25, 0.3) is 16.9 Å². The minimum atomic E-state index is -0.585. The Labute approximate surface area is 193 Å². The molecular weight excluding hydrogens is 442 g/mol. The number of aromatic nitrogens is 5. The molecular formula is C23H18ClN7O2. The number of amides is 1. The lowest BCUT2D eigenvalue weighted by Crippen LogP contribution is -2.35. The average Bonchev–Trinajstić information content (AvgIpc) is 3.25. The standard InChI is InChI=1S/C23H18ClN7O2/c1-14(16-7-8-26-18(9-16)11-25)28-22(32)20-10-21(15-3-5-17(24)6-4-15)29-31(23(20)33)19-12-27-30(2)13-19/h3-10,12-14H,1-2H3,(H,28,32)/t14-/m0/s1. The average molecular weight is 460 g/mol. The van der Waals surface area contributed by atoms with Crippen LogP contribution in [0.4, 0.5) is 0 Å². The fourth-order valence-corrected chi connectivity index (χ4v) is 3.37. The molecule has 0 fully saturated rings. The highest BCUT2D eigenvalue weighted by Crippen LogP contribution is 2.21. The maximum absolute atomic E-state index is 13.2. The van der Waals surface area contributed by atoms with Crippen molar-refractivity contribution in [3.63, 3.8) is 0 Å². The fraction of sp³-hybridized carbons (Fsp3) is 0.130. The molecule has 0 spiro atoms. The third-order valence-corrected chi connectivity index (χ3v) is 5.23. The number of hydrogen-bond acceptors (Lipinski definition) is 6. The second-order valence-electron chi connectivity index (χ2n) is 7.32. The lowest BCUT2D eigenvalue weighted by Gasteiger charge is -2.15. The van der Waals surface area contributed by atoms with E-state index in [1.165, 1.54) is 23.1 Å². The Morgan fingerprint density at radius 1 is 1.21 bits per heavy atom. The molecule has 164 valence electrons. The molecule has 0 unspecified atom stereocenters. The van der Waals surface area contributed by atoms with E-state index in [1.54, 1.807) is 56.6 Å². The highest BCUT2D eigenvalue weighted by Gasteiger charge is 2.20. The Morgan fingerprint density at radius 3 is 2.64 bits per heavy atom. The van der Waals surface area contributed by atoms with Crippen molar-refractivity contribution >= 4 is 17.5 Å². The first-order chi connectivity index (χ1) is 15.9. The molecule has 0 saturated heterocycles. The molecule has 1 amide bonds. The van der Waals surface area contributed by atoms with Gasteiger partial charge in [-0.3, -0.25) is 14.3 Å². The number of benzene rings is 1. The predicted molar refractivity (Wildman–Crippen MR) is 122 cm³/mol. The van der Waals surface area contributed by atoms with E-state index in [2.05, 4.69) is 20.5 Å². The maximum Gasteiger partial charge on any atom is 0.284 e. The number of carbonyl (C=O) groups is 1. The third kappa shape index (κ3) is 4.66. The van der Waals surface area contributed by atoms with Gasteiger partial charge in [-0.05, 0) is 42.8 Å². The van der Waals surface area contributed by atoms with Crippen LogP contribution in [0.5, 0.6) is 0 Å². The molecule has 1 atom stereocenters. The van der Waals surface area contributed by atoms with Crippen molar-refractivity contribution < 1.29 is 4.79 Å². The summed E-state index contributed by atoms with van der Waals surface area (Å²) in [7, 11) is 1.72. The van der Waals surface area contributed by atoms with Gasteiger partial charge in [-0.1, -0.05) is 23.7 Å². The zero-order chi connectivity index (χ0) is 23.5. The van der Waals surface area contributed by atoms with E-state index in [-0.39, 0.29) is 11.3 Å². The molecule has 1 aromatic carbocycles. The molecule has 0 aliphatic heterocycles. The van der Waals surface area contributed by atoms with Crippen molar-refractivity contribution in [2.45, 2.75) is 13.0 Å². The minimum absolute atomic E-state index is 0.0831. The summed E-state index contributed by atoms with van der Waals surface area (Å²) in [5.74, 6) is -0.571. The topological polar surface area (TPSA) is 118 Å². The van der Waals surface area contributed by atoms with E-state index < -0.39 is 17.5 Å². The highest BCUT2D eigenvalue weighted by molar-refractivity contribution is 6.30. The second-order valence-corrected chi connectivity index (χ2v) is 7.76. The van der Waals surface area contributed by atoms with Crippen LogP contribution in [-0.4, -0.2) is 30.5 Å². The van der Waals surface area contributed by atoms with Crippen LogP contribution in [0.1, 0.15) is 34.6 Å². The first-order valence-corrected chi connectivity index (χ1v) is 10.3. The van der Waals surface area contributed by atoms with E-state index in [0.717, 1.165) is 4.68 Å². The Kier molecular flexibility index (Phi) is 6.02. The van der Waals surface area contributed by atoms with E-state index in [4.69, 9.17) is 16.9 Å². The number of aryl methyl sites for hydroxylation is 1. The highest BCUT2D eigenvalue weighted by atomic mass is 35.5. The van der Waals surface area contributed by atoms with Crippen LogP contribution in [0.15, 0.2) is 65.8 Å². The molecule has 3 aromatic heterocycles. The van der Waals surface area contributed by atoms with E-state index in [1.807, 2.05) is 6.07 Å². The molecule has 9 nitrogen and oxygen atoms in total. The molecule has 0 bridgehead atoms. The molecule has 0 radical (unpaired) electrons. The van der Waals surface area contributed by atoms with Crippen LogP contribution in [0, 0.1) is 11.3 Å². The van der Waals surface area contributed by atoms with Gasteiger partial charge in [-0.25, -0.2) is 4.98 Å². The first kappa shape index (κ1) is 21.9. The van der Waals surface area contributed by atoms with Gasteiger partial charge in [0.2, 0.25) is 0 Å². The molecule has 0 aliphatic rings. The zero-order valence-electron chi connectivity index (χ0n) is 17.7. The number of pyridine rings is 1.